The Kier molecular flexibility index (Phi) is 6.92. The van der Waals surface area contributed by atoms with Gasteiger partial charge >= 0.3 is 0 Å². The molecule has 1 aliphatic rings. The number of hydrogen-bond donors (Lipinski definition) is 0. The third-order valence-corrected chi connectivity index (χ3v) is 5.49. The van der Waals surface area contributed by atoms with Crippen LogP contribution in [0.25, 0.3) is 0 Å². The van der Waals surface area contributed by atoms with Crippen LogP contribution in [-0.4, -0.2) is 52.9 Å². The summed E-state index contributed by atoms with van der Waals surface area (Å²) in [6.45, 7) is 0.716. The summed E-state index contributed by atoms with van der Waals surface area (Å²) in [6.07, 6.45) is 2.07. The van der Waals surface area contributed by atoms with E-state index in [0.717, 1.165) is 24.0 Å². The largest absolute Gasteiger partial charge is 0.493 e. The molecule has 0 saturated carbocycles. The monoisotopic (exact) mass is 415 g/mol. The lowest BCUT2D eigenvalue weighted by molar-refractivity contribution is -0.131. The van der Waals surface area contributed by atoms with Gasteiger partial charge in [0.25, 0.3) is 0 Å². The Balaban J connectivity index is 1.85. The van der Waals surface area contributed by atoms with Crippen LogP contribution in [0.15, 0.2) is 30.3 Å². The van der Waals surface area contributed by atoms with Gasteiger partial charge in [-0.25, -0.2) is 0 Å². The number of carbonyl (C=O) groups is 1. The molecule has 0 aromatic heterocycles. The minimum Gasteiger partial charge on any atom is -0.493 e. The Morgan fingerprint density at radius 1 is 0.867 bits per heavy atom. The summed E-state index contributed by atoms with van der Waals surface area (Å²) in [7, 11) is 7.91. The lowest BCUT2D eigenvalue weighted by Crippen LogP contribution is -2.32. The van der Waals surface area contributed by atoms with E-state index in [2.05, 4.69) is 0 Å². The SMILES string of the molecule is COc1ccc([C@@H]2CCCN2C(=O)Cc2ccc(OC)c(OC)c2OC)cc1OC. The normalized spacial score (nSPS) is 15.6. The summed E-state index contributed by atoms with van der Waals surface area (Å²) >= 11 is 0. The second-order valence-electron chi connectivity index (χ2n) is 7.03. The lowest BCUT2D eigenvalue weighted by atomic mass is 10.0. The van der Waals surface area contributed by atoms with E-state index in [1.54, 1.807) is 41.6 Å². The van der Waals surface area contributed by atoms with Crippen molar-refractivity contribution in [3.63, 3.8) is 0 Å². The molecular formula is C23H29NO6. The number of benzene rings is 2. The number of likely N-dealkylation sites (tertiary alicyclic amines) is 1. The molecule has 1 saturated heterocycles. The average molecular weight is 415 g/mol. The summed E-state index contributed by atoms with van der Waals surface area (Å²) in [5.74, 6) is 2.95. The maximum absolute atomic E-state index is 13.2. The highest BCUT2D eigenvalue weighted by Gasteiger charge is 2.31. The maximum atomic E-state index is 13.2. The number of carbonyl (C=O) groups excluding carboxylic acids is 1. The molecule has 0 bridgehead atoms. The lowest BCUT2D eigenvalue weighted by Gasteiger charge is -2.26. The van der Waals surface area contributed by atoms with Crippen molar-refractivity contribution in [2.24, 2.45) is 0 Å². The topological polar surface area (TPSA) is 66.5 Å². The van der Waals surface area contributed by atoms with Crippen LogP contribution < -0.4 is 23.7 Å². The first kappa shape index (κ1) is 21.6. The molecule has 30 heavy (non-hydrogen) atoms. The van der Waals surface area contributed by atoms with Crippen LogP contribution >= 0.6 is 0 Å². The van der Waals surface area contributed by atoms with Gasteiger partial charge in [0, 0.05) is 12.1 Å². The fraction of sp³-hybridized carbons (Fsp3) is 0.435. The van der Waals surface area contributed by atoms with E-state index < -0.39 is 0 Å². The number of rotatable bonds is 8. The van der Waals surface area contributed by atoms with Gasteiger partial charge in [0.15, 0.2) is 23.0 Å². The Labute approximate surface area is 177 Å². The van der Waals surface area contributed by atoms with Crippen LogP contribution in [0.2, 0.25) is 0 Å². The van der Waals surface area contributed by atoms with Gasteiger partial charge in [-0.15, -0.1) is 0 Å². The Morgan fingerprint density at radius 3 is 2.17 bits per heavy atom. The van der Waals surface area contributed by atoms with Crippen molar-refractivity contribution in [1.82, 2.24) is 4.90 Å². The maximum Gasteiger partial charge on any atom is 0.227 e. The second-order valence-corrected chi connectivity index (χ2v) is 7.03. The molecule has 7 nitrogen and oxygen atoms in total. The first-order valence-corrected chi connectivity index (χ1v) is 9.87. The third kappa shape index (κ3) is 4.10. The highest BCUT2D eigenvalue weighted by molar-refractivity contribution is 5.81. The quantitative estimate of drug-likeness (QED) is 0.656. The fourth-order valence-corrected chi connectivity index (χ4v) is 4.04. The van der Waals surface area contributed by atoms with Crippen molar-refractivity contribution in [3.05, 3.63) is 41.5 Å². The van der Waals surface area contributed by atoms with Gasteiger partial charge in [-0.1, -0.05) is 12.1 Å². The van der Waals surface area contributed by atoms with Crippen molar-refractivity contribution in [3.8, 4) is 28.7 Å². The fourth-order valence-electron chi connectivity index (χ4n) is 4.04. The van der Waals surface area contributed by atoms with E-state index >= 15 is 0 Å². The minimum atomic E-state index is 0.00319. The van der Waals surface area contributed by atoms with E-state index in [9.17, 15) is 4.79 Å². The molecule has 0 aliphatic carbocycles. The molecule has 1 atom stereocenters. The van der Waals surface area contributed by atoms with Gasteiger partial charge in [0.05, 0.1) is 48.0 Å². The minimum absolute atomic E-state index is 0.00319. The predicted octanol–water partition coefficient (Wildman–Crippen LogP) is 3.64. The summed E-state index contributed by atoms with van der Waals surface area (Å²) in [4.78, 5) is 15.2. The van der Waals surface area contributed by atoms with Gasteiger partial charge in [-0.2, -0.15) is 0 Å². The summed E-state index contributed by atoms with van der Waals surface area (Å²) in [5, 5.41) is 0. The molecule has 0 radical (unpaired) electrons. The van der Waals surface area contributed by atoms with Gasteiger partial charge in [0.1, 0.15) is 0 Å². The number of nitrogens with zero attached hydrogens (tertiary/aromatic N) is 1. The van der Waals surface area contributed by atoms with Gasteiger partial charge in [-0.05, 0) is 36.6 Å². The van der Waals surface area contributed by atoms with Crippen molar-refractivity contribution in [2.45, 2.75) is 25.3 Å². The van der Waals surface area contributed by atoms with Gasteiger partial charge in [0.2, 0.25) is 11.7 Å². The van der Waals surface area contributed by atoms with Crippen LogP contribution in [0, 0.1) is 0 Å². The molecule has 1 amide bonds. The molecular weight excluding hydrogens is 386 g/mol. The second kappa shape index (κ2) is 9.61. The van der Waals surface area contributed by atoms with Crippen LogP contribution in [0.1, 0.15) is 30.0 Å². The molecule has 1 fully saturated rings. The molecule has 2 aromatic carbocycles. The molecule has 3 rings (SSSR count). The average Bonchev–Trinajstić information content (AvgIpc) is 3.28. The van der Waals surface area contributed by atoms with E-state index in [1.807, 2.05) is 29.2 Å². The number of hydrogen-bond acceptors (Lipinski definition) is 6. The van der Waals surface area contributed by atoms with Crippen molar-refractivity contribution >= 4 is 5.91 Å². The van der Waals surface area contributed by atoms with Crippen molar-refractivity contribution in [2.75, 3.05) is 42.1 Å². The van der Waals surface area contributed by atoms with E-state index in [-0.39, 0.29) is 18.4 Å². The molecule has 7 heteroatoms. The highest BCUT2D eigenvalue weighted by Crippen LogP contribution is 2.41. The smallest absolute Gasteiger partial charge is 0.227 e. The summed E-state index contributed by atoms with van der Waals surface area (Å²) in [5.41, 5.74) is 1.80. The van der Waals surface area contributed by atoms with Gasteiger partial charge < -0.3 is 28.6 Å². The van der Waals surface area contributed by atoms with E-state index in [1.165, 1.54) is 0 Å². The highest BCUT2D eigenvalue weighted by atomic mass is 16.5. The number of ether oxygens (including phenoxy) is 5. The number of amides is 1. The molecule has 0 spiro atoms. The van der Waals surface area contributed by atoms with Crippen molar-refractivity contribution < 1.29 is 28.5 Å². The molecule has 1 aliphatic heterocycles. The van der Waals surface area contributed by atoms with Crippen molar-refractivity contribution in [1.29, 1.82) is 0 Å². The zero-order chi connectivity index (χ0) is 21.7. The third-order valence-electron chi connectivity index (χ3n) is 5.49. The Hall–Kier alpha value is -3.09. The predicted molar refractivity (Wildman–Crippen MR) is 113 cm³/mol. The van der Waals surface area contributed by atoms with Crippen LogP contribution in [-0.2, 0) is 11.2 Å². The summed E-state index contributed by atoms with van der Waals surface area (Å²) in [6, 6.07) is 9.47. The Bertz CT molecular complexity index is 898. The molecule has 1 heterocycles. The first-order chi connectivity index (χ1) is 14.6. The standard InChI is InChI=1S/C23H29NO6/c1-26-18-10-8-15(13-20(18)28-3)17-7-6-12-24(17)21(25)14-16-9-11-19(27-2)23(30-5)22(16)29-4/h8-11,13,17H,6-7,12,14H2,1-5H3/t17-/m0/s1. The molecule has 0 unspecified atom stereocenters. The molecule has 0 N–H and O–H groups in total. The van der Waals surface area contributed by atoms with Crippen LogP contribution in [0.3, 0.4) is 0 Å². The molecule has 2 aromatic rings. The zero-order valence-electron chi connectivity index (χ0n) is 18.2. The van der Waals surface area contributed by atoms with Crippen LogP contribution in [0.5, 0.6) is 28.7 Å². The molecule has 162 valence electrons. The first-order valence-electron chi connectivity index (χ1n) is 9.87. The summed E-state index contributed by atoms with van der Waals surface area (Å²) < 4.78 is 27.1. The zero-order valence-corrected chi connectivity index (χ0v) is 18.2. The number of methoxy groups -OCH3 is 5. The van der Waals surface area contributed by atoms with E-state index in [0.29, 0.717) is 35.3 Å². The Morgan fingerprint density at radius 2 is 1.53 bits per heavy atom. The van der Waals surface area contributed by atoms with Gasteiger partial charge in [-0.3, -0.25) is 4.79 Å². The van der Waals surface area contributed by atoms with E-state index in [4.69, 9.17) is 23.7 Å². The van der Waals surface area contributed by atoms with Crippen LogP contribution in [0.4, 0.5) is 0 Å².